The molecule has 30 heavy (non-hydrogen) atoms. The predicted octanol–water partition coefficient (Wildman–Crippen LogP) is 3.92. The lowest BCUT2D eigenvalue weighted by Gasteiger charge is -2.24. The lowest BCUT2D eigenvalue weighted by atomic mass is 10.1. The molecule has 3 rings (SSSR count). The summed E-state index contributed by atoms with van der Waals surface area (Å²) in [5.41, 5.74) is 0.226. The predicted molar refractivity (Wildman–Crippen MR) is 106 cm³/mol. The normalized spacial score (nSPS) is 17.1. The van der Waals surface area contributed by atoms with Crippen LogP contribution in [-0.4, -0.2) is 51.8 Å². The van der Waals surface area contributed by atoms with Gasteiger partial charge < -0.3 is 19.5 Å². The summed E-state index contributed by atoms with van der Waals surface area (Å²) >= 11 is 2.16. The van der Waals surface area contributed by atoms with Gasteiger partial charge in [-0.15, -0.1) is 0 Å². The lowest BCUT2D eigenvalue weighted by molar-refractivity contribution is 0.0290. The number of hydrogen-bond acceptors (Lipinski definition) is 6. The zero-order valence-electron chi connectivity index (χ0n) is 16.6. The Morgan fingerprint density at radius 2 is 1.93 bits per heavy atom. The van der Waals surface area contributed by atoms with Crippen molar-refractivity contribution in [2.24, 2.45) is 0 Å². The first-order chi connectivity index (χ1) is 13.9. The van der Waals surface area contributed by atoms with Crippen molar-refractivity contribution in [3.63, 3.8) is 0 Å². The number of nitrogens with zero attached hydrogens (tertiary/aromatic N) is 3. The van der Waals surface area contributed by atoms with Crippen molar-refractivity contribution in [2.75, 3.05) is 13.1 Å². The molecule has 2 amide bonds. The first kappa shape index (κ1) is 22.1. The standard InChI is InChI=1S/C19H21BrF2N4O4/c1-18(2,3)29-17(28)26-9-8-13(10-26)23-15(27)12-6-4-11(5-7-12)14-24-16(30-25-14)19(20,21)22/h4-7,13H,8-10H2,1-3H3,(H,23,27). The van der Waals surface area contributed by atoms with E-state index in [1.54, 1.807) is 25.7 Å². The van der Waals surface area contributed by atoms with E-state index in [2.05, 4.69) is 35.9 Å². The van der Waals surface area contributed by atoms with Crippen LogP contribution in [0.5, 0.6) is 0 Å². The number of likely N-dealkylation sites (tertiary alicyclic amines) is 1. The molecule has 1 saturated heterocycles. The van der Waals surface area contributed by atoms with E-state index in [1.165, 1.54) is 24.3 Å². The zero-order chi connectivity index (χ0) is 22.1. The van der Waals surface area contributed by atoms with Gasteiger partial charge in [0, 0.05) is 46.2 Å². The molecule has 0 spiro atoms. The molecule has 1 aromatic carbocycles. The zero-order valence-corrected chi connectivity index (χ0v) is 18.2. The minimum atomic E-state index is -3.41. The third-order valence-corrected chi connectivity index (χ3v) is 4.59. The molecule has 1 N–H and O–H groups in total. The van der Waals surface area contributed by atoms with Gasteiger partial charge in [0.05, 0.1) is 0 Å². The number of benzene rings is 1. The first-order valence-corrected chi connectivity index (χ1v) is 10.0. The molecule has 0 bridgehead atoms. The average molecular weight is 487 g/mol. The fourth-order valence-corrected chi connectivity index (χ4v) is 3.03. The minimum absolute atomic E-state index is 0.0140. The Kier molecular flexibility index (Phi) is 6.11. The van der Waals surface area contributed by atoms with E-state index in [9.17, 15) is 18.4 Å². The Balaban J connectivity index is 1.58. The summed E-state index contributed by atoms with van der Waals surface area (Å²) in [6.45, 7) is 6.25. The van der Waals surface area contributed by atoms with E-state index in [0.29, 0.717) is 30.6 Å². The number of carbonyl (C=O) groups excluding carboxylic acids is 2. The van der Waals surface area contributed by atoms with Crippen LogP contribution in [-0.2, 0) is 9.57 Å². The molecule has 1 aliphatic heterocycles. The van der Waals surface area contributed by atoms with Gasteiger partial charge in [0.25, 0.3) is 5.91 Å². The SMILES string of the molecule is CC(C)(C)OC(=O)N1CCC(NC(=O)c2ccc(-c3noc(C(F)(F)Br)n3)cc2)C1. The molecule has 1 aliphatic rings. The van der Waals surface area contributed by atoms with Crippen LogP contribution in [0, 0.1) is 0 Å². The van der Waals surface area contributed by atoms with Gasteiger partial charge in [-0.2, -0.15) is 13.8 Å². The van der Waals surface area contributed by atoms with Crippen LogP contribution in [0.15, 0.2) is 28.8 Å². The highest BCUT2D eigenvalue weighted by Gasteiger charge is 2.35. The highest BCUT2D eigenvalue weighted by atomic mass is 79.9. The second-order valence-electron chi connectivity index (χ2n) is 7.88. The highest BCUT2D eigenvalue weighted by Crippen LogP contribution is 2.34. The number of amides is 2. The summed E-state index contributed by atoms with van der Waals surface area (Å²) in [4.78, 5) is 26.4. The Labute approximate surface area is 180 Å². The number of nitrogens with one attached hydrogen (secondary N) is 1. The molecule has 1 fully saturated rings. The molecule has 1 unspecified atom stereocenters. The molecule has 2 heterocycles. The number of rotatable bonds is 4. The quantitative estimate of drug-likeness (QED) is 0.657. The van der Waals surface area contributed by atoms with Crippen LogP contribution in [0.3, 0.4) is 0 Å². The van der Waals surface area contributed by atoms with Crippen molar-refractivity contribution in [3.8, 4) is 11.4 Å². The van der Waals surface area contributed by atoms with Gasteiger partial charge in [-0.1, -0.05) is 17.3 Å². The highest BCUT2D eigenvalue weighted by molar-refractivity contribution is 9.09. The van der Waals surface area contributed by atoms with Crippen LogP contribution >= 0.6 is 15.9 Å². The fourth-order valence-electron chi connectivity index (χ4n) is 2.87. The van der Waals surface area contributed by atoms with Crippen LogP contribution in [0.25, 0.3) is 11.4 Å². The summed E-state index contributed by atoms with van der Waals surface area (Å²) in [5.74, 6) is -1.17. The second kappa shape index (κ2) is 8.29. The fraction of sp³-hybridized carbons (Fsp3) is 0.474. The summed E-state index contributed by atoms with van der Waals surface area (Å²) in [5, 5.41) is 6.40. The summed E-state index contributed by atoms with van der Waals surface area (Å²) in [6.07, 6.45) is 0.215. The molecule has 1 aromatic heterocycles. The number of aromatic nitrogens is 2. The van der Waals surface area contributed by atoms with Gasteiger partial charge in [-0.25, -0.2) is 4.79 Å². The Morgan fingerprint density at radius 3 is 2.50 bits per heavy atom. The van der Waals surface area contributed by atoms with Crippen molar-refractivity contribution in [1.29, 1.82) is 0 Å². The van der Waals surface area contributed by atoms with Gasteiger partial charge in [0.2, 0.25) is 5.82 Å². The first-order valence-electron chi connectivity index (χ1n) is 9.22. The van der Waals surface area contributed by atoms with E-state index >= 15 is 0 Å². The van der Waals surface area contributed by atoms with E-state index < -0.39 is 22.4 Å². The van der Waals surface area contributed by atoms with Gasteiger partial charge in [-0.3, -0.25) is 4.79 Å². The smallest absolute Gasteiger partial charge is 0.410 e. The number of alkyl halides is 3. The van der Waals surface area contributed by atoms with E-state index in [-0.39, 0.29) is 17.8 Å². The topological polar surface area (TPSA) is 97.6 Å². The van der Waals surface area contributed by atoms with Gasteiger partial charge in [0.1, 0.15) is 5.60 Å². The molecule has 0 radical (unpaired) electrons. The monoisotopic (exact) mass is 486 g/mol. The largest absolute Gasteiger partial charge is 0.444 e. The molecule has 0 saturated carbocycles. The third-order valence-electron chi connectivity index (χ3n) is 4.25. The minimum Gasteiger partial charge on any atom is -0.444 e. The number of carbonyl (C=O) groups is 2. The van der Waals surface area contributed by atoms with Crippen LogP contribution in [0.4, 0.5) is 13.6 Å². The van der Waals surface area contributed by atoms with Gasteiger partial charge in [-0.05, 0) is 39.3 Å². The molecule has 8 nitrogen and oxygen atoms in total. The Bertz CT molecular complexity index is 922. The molecule has 1 atom stereocenters. The van der Waals surface area contributed by atoms with E-state index in [0.717, 1.165) is 0 Å². The number of ether oxygens (including phenoxy) is 1. The maximum absolute atomic E-state index is 13.1. The van der Waals surface area contributed by atoms with Gasteiger partial charge >= 0.3 is 16.8 Å². The number of halogens is 3. The van der Waals surface area contributed by atoms with Crippen molar-refractivity contribution in [3.05, 3.63) is 35.7 Å². The van der Waals surface area contributed by atoms with Crippen LogP contribution < -0.4 is 5.32 Å². The summed E-state index contributed by atoms with van der Waals surface area (Å²) in [7, 11) is 0. The Morgan fingerprint density at radius 1 is 1.27 bits per heavy atom. The summed E-state index contributed by atoms with van der Waals surface area (Å²) < 4.78 is 36.2. The molecular weight excluding hydrogens is 466 g/mol. The van der Waals surface area contributed by atoms with E-state index in [1.807, 2.05) is 0 Å². The van der Waals surface area contributed by atoms with Crippen LogP contribution in [0.1, 0.15) is 43.4 Å². The average Bonchev–Trinajstić information content (AvgIpc) is 3.30. The van der Waals surface area contributed by atoms with Crippen molar-refractivity contribution < 1.29 is 27.6 Å². The molecular formula is C19H21BrF2N4O4. The molecule has 0 aliphatic carbocycles. The third kappa shape index (κ3) is 5.53. The molecule has 11 heteroatoms. The summed E-state index contributed by atoms with van der Waals surface area (Å²) in [6, 6.07) is 5.96. The maximum Gasteiger partial charge on any atom is 0.410 e. The Hall–Kier alpha value is -2.56. The maximum atomic E-state index is 13.1. The lowest BCUT2D eigenvalue weighted by Crippen LogP contribution is -2.40. The van der Waals surface area contributed by atoms with Gasteiger partial charge in [0.15, 0.2) is 0 Å². The molecule has 162 valence electrons. The van der Waals surface area contributed by atoms with Crippen LogP contribution in [0.2, 0.25) is 0 Å². The van der Waals surface area contributed by atoms with Crippen molar-refractivity contribution in [1.82, 2.24) is 20.4 Å². The second-order valence-corrected chi connectivity index (χ2v) is 8.88. The van der Waals surface area contributed by atoms with Crippen molar-refractivity contribution in [2.45, 2.75) is 43.7 Å². The molecule has 2 aromatic rings. The van der Waals surface area contributed by atoms with Crippen molar-refractivity contribution >= 4 is 27.9 Å². The van der Waals surface area contributed by atoms with E-state index in [4.69, 9.17) is 4.74 Å². The number of hydrogen-bond donors (Lipinski definition) is 1.